The van der Waals surface area contributed by atoms with Gasteiger partial charge in [-0.3, -0.25) is 19.4 Å². The highest BCUT2D eigenvalue weighted by Crippen LogP contribution is 2.15. The molecule has 0 saturated carbocycles. The van der Waals surface area contributed by atoms with Crippen LogP contribution in [0, 0.1) is 0 Å². The molecule has 0 spiro atoms. The van der Waals surface area contributed by atoms with Crippen LogP contribution in [-0.2, 0) is 24.4 Å². The summed E-state index contributed by atoms with van der Waals surface area (Å²) in [4.78, 5) is 30.7. The zero-order valence-corrected chi connectivity index (χ0v) is 19.7. The monoisotopic (exact) mass is 461 g/mol. The second-order valence-electron chi connectivity index (χ2n) is 8.78. The normalized spacial score (nSPS) is 14.6. The number of hydrogen-bond donors (Lipinski definition) is 1. The van der Waals surface area contributed by atoms with Crippen LogP contribution in [-0.4, -0.2) is 81.8 Å². The molecule has 1 fully saturated rings. The highest BCUT2D eigenvalue weighted by molar-refractivity contribution is 6.02. The van der Waals surface area contributed by atoms with Crippen molar-refractivity contribution in [3.63, 3.8) is 0 Å². The smallest absolute Gasteiger partial charge is 0.277 e. The summed E-state index contributed by atoms with van der Waals surface area (Å²) in [5.41, 5.74) is 3.44. The first kappa shape index (κ1) is 23.6. The molecule has 9 heteroatoms. The van der Waals surface area contributed by atoms with Gasteiger partial charge in [-0.05, 0) is 23.3 Å². The van der Waals surface area contributed by atoms with Crippen molar-refractivity contribution in [1.29, 1.82) is 0 Å². The molecule has 1 N–H and O–H groups in total. The Morgan fingerprint density at radius 1 is 0.882 bits per heavy atom. The summed E-state index contributed by atoms with van der Waals surface area (Å²) >= 11 is 0. The minimum absolute atomic E-state index is 0.0441. The lowest BCUT2D eigenvalue weighted by Gasteiger charge is -2.34. The van der Waals surface area contributed by atoms with Crippen LogP contribution in [0.15, 0.2) is 60.8 Å². The molecular formula is C25H31N7O2. The van der Waals surface area contributed by atoms with Crippen LogP contribution in [0.5, 0.6) is 0 Å². The molecule has 1 aromatic heterocycles. The number of rotatable bonds is 8. The number of carbonyl (C=O) groups is 2. The molecule has 0 atom stereocenters. The van der Waals surface area contributed by atoms with Crippen LogP contribution in [0.1, 0.15) is 21.6 Å². The number of carbonyl (C=O) groups excluding carboxylic acids is 2. The van der Waals surface area contributed by atoms with Gasteiger partial charge in [-0.25, -0.2) is 4.68 Å². The second kappa shape index (κ2) is 11.0. The predicted molar refractivity (Wildman–Crippen MR) is 130 cm³/mol. The topological polar surface area (TPSA) is 86.6 Å². The largest absolute Gasteiger partial charge is 0.347 e. The number of nitrogens with one attached hydrogen (secondary N) is 1. The van der Waals surface area contributed by atoms with Gasteiger partial charge < -0.3 is 10.2 Å². The van der Waals surface area contributed by atoms with E-state index in [1.54, 1.807) is 14.1 Å². The molecule has 0 bridgehead atoms. The van der Waals surface area contributed by atoms with Gasteiger partial charge in [0.05, 0.1) is 6.20 Å². The van der Waals surface area contributed by atoms with Crippen molar-refractivity contribution in [2.24, 2.45) is 0 Å². The van der Waals surface area contributed by atoms with Crippen LogP contribution < -0.4 is 5.32 Å². The first-order valence-electron chi connectivity index (χ1n) is 11.5. The molecule has 34 heavy (non-hydrogen) atoms. The lowest BCUT2D eigenvalue weighted by atomic mass is 10.1. The molecule has 0 unspecified atom stereocenters. The zero-order valence-electron chi connectivity index (χ0n) is 19.7. The average molecular weight is 462 g/mol. The maximum Gasteiger partial charge on any atom is 0.277 e. The van der Waals surface area contributed by atoms with Gasteiger partial charge in [0.1, 0.15) is 6.54 Å². The maximum absolute atomic E-state index is 12.5. The average Bonchev–Trinajstić information content (AvgIpc) is 3.31. The third kappa shape index (κ3) is 6.49. The van der Waals surface area contributed by atoms with Gasteiger partial charge in [0.25, 0.3) is 5.91 Å². The van der Waals surface area contributed by atoms with Crippen molar-refractivity contribution in [1.82, 2.24) is 29.7 Å². The molecule has 2 aromatic carbocycles. The number of aromatic nitrogens is 3. The van der Waals surface area contributed by atoms with E-state index in [-0.39, 0.29) is 24.1 Å². The van der Waals surface area contributed by atoms with E-state index in [0.717, 1.165) is 39.3 Å². The number of hydrogen-bond acceptors (Lipinski definition) is 6. The predicted octanol–water partition coefficient (Wildman–Crippen LogP) is 1.94. The van der Waals surface area contributed by atoms with Crippen molar-refractivity contribution in [3.05, 3.63) is 77.6 Å². The Kier molecular flexibility index (Phi) is 7.66. The van der Waals surface area contributed by atoms with Crippen LogP contribution in [0.3, 0.4) is 0 Å². The van der Waals surface area contributed by atoms with E-state index >= 15 is 0 Å². The highest BCUT2D eigenvalue weighted by Gasteiger charge is 2.17. The molecule has 2 amide bonds. The molecule has 178 valence electrons. The van der Waals surface area contributed by atoms with Crippen molar-refractivity contribution < 1.29 is 9.59 Å². The number of piperazine rings is 1. The van der Waals surface area contributed by atoms with Gasteiger partial charge in [-0.15, -0.1) is 5.10 Å². The SMILES string of the molecule is CN(C)C(=O)Cn1cc(C(=O)Nc2ccc(CN3CCN(Cc4ccccc4)CC3)cc2)nn1. The quantitative estimate of drug-likeness (QED) is 0.552. The molecule has 1 aliphatic rings. The molecular weight excluding hydrogens is 430 g/mol. The Balaban J connectivity index is 1.23. The van der Waals surface area contributed by atoms with E-state index in [0.29, 0.717) is 5.69 Å². The standard InChI is InChI=1S/C25H31N7O2/c1-29(2)24(33)19-32-18-23(27-28-32)25(34)26-22-10-8-21(9-11-22)17-31-14-12-30(13-15-31)16-20-6-4-3-5-7-20/h3-11,18H,12-17,19H2,1-2H3,(H,26,34). The van der Waals surface area contributed by atoms with E-state index in [4.69, 9.17) is 0 Å². The molecule has 0 radical (unpaired) electrons. The highest BCUT2D eigenvalue weighted by atomic mass is 16.2. The second-order valence-corrected chi connectivity index (χ2v) is 8.78. The van der Waals surface area contributed by atoms with E-state index < -0.39 is 0 Å². The third-order valence-electron chi connectivity index (χ3n) is 5.90. The summed E-state index contributed by atoms with van der Waals surface area (Å²) in [6, 6.07) is 18.5. The van der Waals surface area contributed by atoms with Crippen LogP contribution in [0.4, 0.5) is 5.69 Å². The Bertz CT molecular complexity index is 1090. The van der Waals surface area contributed by atoms with Gasteiger partial charge in [-0.1, -0.05) is 47.7 Å². The van der Waals surface area contributed by atoms with Gasteiger partial charge in [-0.2, -0.15) is 0 Å². The van der Waals surface area contributed by atoms with Crippen LogP contribution >= 0.6 is 0 Å². The number of amides is 2. The Morgan fingerprint density at radius 2 is 1.47 bits per heavy atom. The number of nitrogens with zero attached hydrogens (tertiary/aromatic N) is 6. The minimum atomic E-state index is -0.356. The summed E-state index contributed by atoms with van der Waals surface area (Å²) in [5, 5.41) is 10.6. The lowest BCUT2D eigenvalue weighted by Crippen LogP contribution is -2.45. The first-order chi connectivity index (χ1) is 16.5. The number of likely N-dealkylation sites (N-methyl/N-ethyl adjacent to an activating group) is 1. The number of benzene rings is 2. The summed E-state index contributed by atoms with van der Waals surface area (Å²) in [5.74, 6) is -0.476. The Morgan fingerprint density at radius 3 is 2.06 bits per heavy atom. The molecule has 3 aromatic rings. The van der Waals surface area contributed by atoms with Gasteiger partial charge >= 0.3 is 0 Å². The Hall–Kier alpha value is -3.56. The lowest BCUT2D eigenvalue weighted by molar-refractivity contribution is -0.129. The molecule has 4 rings (SSSR count). The maximum atomic E-state index is 12.5. The van der Waals surface area contributed by atoms with Crippen molar-refractivity contribution in [2.45, 2.75) is 19.6 Å². The minimum Gasteiger partial charge on any atom is -0.347 e. The van der Waals surface area contributed by atoms with E-state index in [9.17, 15) is 9.59 Å². The van der Waals surface area contributed by atoms with E-state index in [1.165, 1.54) is 26.9 Å². The molecule has 0 aliphatic carbocycles. The fourth-order valence-electron chi connectivity index (χ4n) is 3.85. The van der Waals surface area contributed by atoms with Gasteiger partial charge in [0, 0.05) is 59.1 Å². The fourth-order valence-corrected chi connectivity index (χ4v) is 3.85. The summed E-state index contributed by atoms with van der Waals surface area (Å²) < 4.78 is 1.36. The third-order valence-corrected chi connectivity index (χ3v) is 5.90. The summed E-state index contributed by atoms with van der Waals surface area (Å²) in [6.45, 7) is 6.13. The molecule has 1 aliphatic heterocycles. The first-order valence-corrected chi connectivity index (χ1v) is 11.5. The fraction of sp³-hybridized carbons (Fsp3) is 0.360. The molecule has 2 heterocycles. The zero-order chi connectivity index (χ0) is 23.9. The van der Waals surface area contributed by atoms with Crippen LogP contribution in [0.2, 0.25) is 0 Å². The van der Waals surface area contributed by atoms with E-state index in [1.807, 2.05) is 24.3 Å². The molecule has 9 nitrogen and oxygen atoms in total. The molecule has 1 saturated heterocycles. The Labute approximate surface area is 200 Å². The summed E-state index contributed by atoms with van der Waals surface area (Å²) in [6.07, 6.45) is 1.47. The van der Waals surface area contributed by atoms with Crippen LogP contribution in [0.25, 0.3) is 0 Å². The van der Waals surface area contributed by atoms with Crippen molar-refractivity contribution >= 4 is 17.5 Å². The van der Waals surface area contributed by atoms with Gasteiger partial charge in [0.15, 0.2) is 5.69 Å². The van der Waals surface area contributed by atoms with Crippen molar-refractivity contribution in [3.8, 4) is 0 Å². The van der Waals surface area contributed by atoms with E-state index in [2.05, 4.69) is 55.8 Å². The summed E-state index contributed by atoms with van der Waals surface area (Å²) in [7, 11) is 3.34. The van der Waals surface area contributed by atoms with Crippen molar-refractivity contribution in [2.75, 3.05) is 45.6 Å². The number of anilines is 1. The van der Waals surface area contributed by atoms with Gasteiger partial charge in [0.2, 0.25) is 5.91 Å².